The predicted molar refractivity (Wildman–Crippen MR) is 92.8 cm³/mol. The highest BCUT2D eigenvalue weighted by atomic mass is 32.2. The van der Waals surface area contributed by atoms with Crippen molar-refractivity contribution in [3.05, 3.63) is 23.4 Å². The van der Waals surface area contributed by atoms with Gasteiger partial charge in [0.15, 0.2) is 0 Å². The monoisotopic (exact) mass is 337 g/mol. The summed E-state index contributed by atoms with van der Waals surface area (Å²) in [5.74, 6) is 0.658. The zero-order valence-corrected chi connectivity index (χ0v) is 15.3. The molecule has 23 heavy (non-hydrogen) atoms. The van der Waals surface area contributed by atoms with Gasteiger partial charge in [-0.2, -0.15) is 0 Å². The molecule has 1 aromatic rings. The highest BCUT2D eigenvalue weighted by molar-refractivity contribution is 7.90. The van der Waals surface area contributed by atoms with Gasteiger partial charge in [0.25, 0.3) is 0 Å². The van der Waals surface area contributed by atoms with E-state index in [1.54, 1.807) is 7.11 Å². The summed E-state index contributed by atoms with van der Waals surface area (Å²) in [7, 11) is 1.65. The Hall–Kier alpha value is -0.820. The average molecular weight is 337 g/mol. The fraction of sp³-hybridized carbons (Fsp3) is 0.706. The van der Waals surface area contributed by atoms with Gasteiger partial charge in [0, 0.05) is 22.8 Å². The molecule has 1 aliphatic carbocycles. The van der Waals surface area contributed by atoms with Gasteiger partial charge in [-0.3, -0.25) is 0 Å². The fourth-order valence-corrected chi connectivity index (χ4v) is 4.58. The molecule has 2 heterocycles. The third-order valence-electron chi connectivity index (χ3n) is 5.02. The summed E-state index contributed by atoms with van der Waals surface area (Å²) >= 11 is -1.10. The van der Waals surface area contributed by atoms with Crippen molar-refractivity contribution in [3.8, 4) is 5.88 Å². The predicted octanol–water partition coefficient (Wildman–Crippen LogP) is 2.11. The van der Waals surface area contributed by atoms with Crippen LogP contribution in [0.2, 0.25) is 0 Å². The van der Waals surface area contributed by atoms with Crippen LogP contribution in [-0.2, 0) is 17.8 Å². The van der Waals surface area contributed by atoms with Gasteiger partial charge < -0.3 is 14.6 Å². The molecule has 1 aromatic heterocycles. The van der Waals surface area contributed by atoms with Gasteiger partial charge in [-0.1, -0.05) is 6.07 Å². The molecule has 1 fully saturated rings. The van der Waals surface area contributed by atoms with Crippen molar-refractivity contribution in [1.29, 1.82) is 0 Å². The van der Waals surface area contributed by atoms with Gasteiger partial charge in [0.05, 0.1) is 18.8 Å². The lowest BCUT2D eigenvalue weighted by Gasteiger charge is -2.40. The van der Waals surface area contributed by atoms with Crippen LogP contribution in [0.1, 0.15) is 50.9 Å². The zero-order valence-electron chi connectivity index (χ0n) is 14.4. The molecule has 0 bridgehead atoms. The highest BCUT2D eigenvalue weighted by Crippen LogP contribution is 2.51. The Morgan fingerprint density at radius 3 is 2.65 bits per heavy atom. The topological polar surface area (TPSA) is 69.2 Å². The molecule has 128 valence electrons. The minimum atomic E-state index is -1.10. The first-order valence-electron chi connectivity index (χ1n) is 8.28. The lowest BCUT2D eigenvalue weighted by atomic mass is 9.74. The van der Waals surface area contributed by atoms with E-state index in [0.717, 1.165) is 38.0 Å². The maximum atomic E-state index is 12.7. The zero-order chi connectivity index (χ0) is 16.7. The average Bonchev–Trinajstić information content (AvgIpc) is 2.79. The number of piperidine rings is 1. The molecular weight excluding hydrogens is 310 g/mol. The normalized spacial score (nSPS) is 24.5. The van der Waals surface area contributed by atoms with E-state index in [0.29, 0.717) is 5.88 Å². The second kappa shape index (κ2) is 6.24. The maximum Gasteiger partial charge on any atom is 0.213 e. The van der Waals surface area contributed by atoms with E-state index in [1.807, 2.05) is 26.8 Å². The Kier molecular flexibility index (Phi) is 4.62. The Bertz CT molecular complexity index is 567. The molecule has 2 aliphatic rings. The largest absolute Gasteiger partial charge is 0.598 e. The summed E-state index contributed by atoms with van der Waals surface area (Å²) in [4.78, 5) is 4.66. The molecule has 1 aliphatic heterocycles. The SMILES string of the molecule is COc1ccc2c(n1)CC1(CCNCC1)[C@@H]2N[S+]([O-])C(C)(C)C. The molecule has 1 unspecified atom stereocenters. The smallest absolute Gasteiger partial charge is 0.213 e. The van der Waals surface area contributed by atoms with E-state index in [1.165, 1.54) is 5.56 Å². The second-order valence-electron chi connectivity index (χ2n) is 7.61. The van der Waals surface area contributed by atoms with E-state index < -0.39 is 11.4 Å². The molecule has 2 N–H and O–H groups in total. The Morgan fingerprint density at radius 2 is 2.04 bits per heavy atom. The number of aromatic nitrogens is 1. The minimum absolute atomic E-state index is 0.0954. The molecule has 0 radical (unpaired) electrons. The Labute approximate surface area is 141 Å². The van der Waals surface area contributed by atoms with Gasteiger partial charge in [-0.15, -0.1) is 4.72 Å². The highest BCUT2D eigenvalue weighted by Gasteiger charge is 2.50. The second-order valence-corrected chi connectivity index (χ2v) is 9.61. The Morgan fingerprint density at radius 1 is 1.35 bits per heavy atom. The first-order valence-corrected chi connectivity index (χ1v) is 9.43. The van der Waals surface area contributed by atoms with Crippen LogP contribution in [0, 0.1) is 5.41 Å². The number of methoxy groups -OCH3 is 1. The van der Waals surface area contributed by atoms with E-state index in [2.05, 4.69) is 21.1 Å². The number of pyridine rings is 1. The van der Waals surface area contributed by atoms with Crippen LogP contribution in [0.25, 0.3) is 0 Å². The molecule has 6 heteroatoms. The molecule has 0 amide bonds. The summed E-state index contributed by atoms with van der Waals surface area (Å²) in [6.45, 7) is 8.03. The number of fused-ring (bicyclic) bond motifs is 1. The van der Waals surface area contributed by atoms with Crippen LogP contribution in [0.5, 0.6) is 5.88 Å². The van der Waals surface area contributed by atoms with Crippen molar-refractivity contribution in [3.63, 3.8) is 0 Å². The van der Waals surface area contributed by atoms with E-state index in [4.69, 9.17) is 4.74 Å². The van der Waals surface area contributed by atoms with Crippen LogP contribution in [-0.4, -0.2) is 34.5 Å². The van der Waals surface area contributed by atoms with E-state index in [9.17, 15) is 4.55 Å². The number of hydrogen-bond acceptors (Lipinski definition) is 5. The van der Waals surface area contributed by atoms with Crippen LogP contribution < -0.4 is 14.8 Å². The third-order valence-corrected chi connectivity index (χ3v) is 6.58. The summed E-state index contributed by atoms with van der Waals surface area (Å²) in [6, 6.07) is 4.10. The summed E-state index contributed by atoms with van der Waals surface area (Å²) in [6.07, 6.45) is 3.08. The molecule has 3 rings (SSSR count). The van der Waals surface area contributed by atoms with Crippen molar-refractivity contribution < 1.29 is 9.29 Å². The van der Waals surface area contributed by atoms with Crippen LogP contribution >= 0.6 is 0 Å². The van der Waals surface area contributed by atoms with Crippen molar-refractivity contribution >= 4 is 11.4 Å². The van der Waals surface area contributed by atoms with Gasteiger partial charge in [0.2, 0.25) is 5.88 Å². The minimum Gasteiger partial charge on any atom is -0.598 e. The molecule has 1 spiro atoms. The van der Waals surface area contributed by atoms with Gasteiger partial charge >= 0.3 is 0 Å². The number of ether oxygens (including phenoxy) is 1. The van der Waals surface area contributed by atoms with Crippen LogP contribution in [0.3, 0.4) is 0 Å². The Balaban J connectivity index is 1.94. The summed E-state index contributed by atoms with van der Waals surface area (Å²) < 4.78 is 21.2. The lowest BCUT2D eigenvalue weighted by Crippen LogP contribution is -2.48. The van der Waals surface area contributed by atoms with Crippen molar-refractivity contribution in [2.45, 2.75) is 50.8 Å². The molecule has 0 saturated carbocycles. The van der Waals surface area contributed by atoms with Crippen molar-refractivity contribution in [1.82, 2.24) is 15.0 Å². The van der Waals surface area contributed by atoms with E-state index in [-0.39, 0.29) is 16.2 Å². The standard InChI is InChI=1S/C17H27N3O2S/c1-16(2,3)23(21)20-15-12-5-6-14(22-4)19-13(12)11-17(15)7-9-18-10-8-17/h5-6,15,18,20H,7-11H2,1-4H3/t15-,23?/m1/s1. The van der Waals surface area contributed by atoms with Gasteiger partial charge in [-0.25, -0.2) is 4.98 Å². The lowest BCUT2D eigenvalue weighted by molar-refractivity contribution is 0.163. The van der Waals surface area contributed by atoms with Gasteiger partial charge in [-0.05, 0) is 58.7 Å². The fourth-order valence-electron chi connectivity index (χ4n) is 3.64. The number of nitrogens with one attached hydrogen (secondary N) is 2. The third kappa shape index (κ3) is 3.22. The first kappa shape index (κ1) is 17.0. The summed E-state index contributed by atoms with van der Waals surface area (Å²) in [5, 5.41) is 3.44. The van der Waals surface area contributed by atoms with Crippen LogP contribution in [0.4, 0.5) is 0 Å². The molecule has 1 saturated heterocycles. The van der Waals surface area contributed by atoms with Crippen LogP contribution in [0.15, 0.2) is 12.1 Å². The molecular formula is C17H27N3O2S. The van der Waals surface area contributed by atoms with Crippen molar-refractivity contribution in [2.24, 2.45) is 5.41 Å². The first-order chi connectivity index (χ1) is 10.9. The van der Waals surface area contributed by atoms with Crippen molar-refractivity contribution in [2.75, 3.05) is 20.2 Å². The maximum absolute atomic E-state index is 12.7. The number of hydrogen-bond donors (Lipinski definition) is 2. The van der Waals surface area contributed by atoms with Gasteiger partial charge in [0.1, 0.15) is 4.75 Å². The number of nitrogens with zero attached hydrogens (tertiary/aromatic N) is 1. The molecule has 5 nitrogen and oxygen atoms in total. The van der Waals surface area contributed by atoms with E-state index >= 15 is 0 Å². The quantitative estimate of drug-likeness (QED) is 0.827. The molecule has 2 atom stereocenters. The molecule has 0 aromatic carbocycles. The number of rotatable bonds is 3. The summed E-state index contributed by atoms with van der Waals surface area (Å²) in [5.41, 5.74) is 2.38.